The fourth-order valence-electron chi connectivity index (χ4n) is 4.68. The van der Waals surface area contributed by atoms with Crippen molar-refractivity contribution >= 4 is 22.4 Å². The average molecular weight is 489 g/mol. The summed E-state index contributed by atoms with van der Waals surface area (Å²) in [5.74, 6) is 1.47. The molecule has 1 atom stereocenters. The van der Waals surface area contributed by atoms with Crippen molar-refractivity contribution in [2.45, 2.75) is 18.9 Å². The number of nitrogens with zero attached hydrogens (tertiary/aromatic N) is 6. The fraction of sp³-hybridized carbons (Fsp3) is 0.370. The lowest BCUT2D eigenvalue weighted by Crippen LogP contribution is -2.27. The number of ether oxygens (including phenoxy) is 2. The second kappa shape index (κ2) is 10.5. The molecule has 1 aliphatic heterocycles. The average Bonchev–Trinajstić information content (AvgIpc) is 3.53. The van der Waals surface area contributed by atoms with Gasteiger partial charge in [0, 0.05) is 68.0 Å². The third kappa shape index (κ3) is 5.27. The van der Waals surface area contributed by atoms with E-state index < -0.39 is 0 Å². The van der Waals surface area contributed by atoms with E-state index in [1.807, 2.05) is 37.5 Å². The van der Waals surface area contributed by atoms with E-state index in [1.165, 1.54) is 0 Å². The van der Waals surface area contributed by atoms with E-state index in [4.69, 9.17) is 14.5 Å². The van der Waals surface area contributed by atoms with Gasteiger partial charge < -0.3 is 24.4 Å². The number of aliphatic hydroxyl groups is 1. The number of aromatic nitrogens is 4. The maximum Gasteiger partial charge on any atom is 0.124 e. The number of aryl methyl sites for hydroxylation is 1. The van der Waals surface area contributed by atoms with Crippen LogP contribution in [0.25, 0.3) is 22.3 Å². The molecule has 2 aromatic carbocycles. The molecule has 2 aromatic heterocycles. The first kappa shape index (κ1) is 24.0. The number of likely N-dealkylation sites (tertiary alicyclic amines) is 1. The summed E-state index contributed by atoms with van der Waals surface area (Å²) >= 11 is 0. The number of methoxy groups -OCH3 is 2. The van der Waals surface area contributed by atoms with E-state index in [0.717, 1.165) is 84.2 Å². The maximum absolute atomic E-state index is 9.89. The van der Waals surface area contributed by atoms with E-state index in [1.54, 1.807) is 31.3 Å². The SMILES string of the molecule is COc1cc(OC)cc(N(CCCN2CCC(O)C2)c2ccc3ncc(-c4cnn(C)c4)nc3c2)c1. The Labute approximate surface area is 210 Å². The summed E-state index contributed by atoms with van der Waals surface area (Å²) in [6.45, 7) is 3.39. The highest BCUT2D eigenvalue weighted by molar-refractivity contribution is 5.82. The number of aliphatic hydroxyl groups excluding tert-OH is 1. The molecule has 1 fully saturated rings. The molecule has 1 unspecified atom stereocenters. The maximum atomic E-state index is 9.89. The summed E-state index contributed by atoms with van der Waals surface area (Å²) < 4.78 is 12.8. The number of β-amino-alcohol motifs (C(OH)–C–C–N with tert-alkyl or cyclic N) is 1. The summed E-state index contributed by atoms with van der Waals surface area (Å²) in [4.78, 5) is 14.1. The minimum Gasteiger partial charge on any atom is -0.497 e. The lowest BCUT2D eigenvalue weighted by Gasteiger charge is -2.27. The quantitative estimate of drug-likeness (QED) is 0.382. The molecule has 0 bridgehead atoms. The Bertz CT molecular complexity index is 1320. The van der Waals surface area contributed by atoms with Gasteiger partial charge in [0.2, 0.25) is 0 Å². The molecule has 3 heterocycles. The lowest BCUT2D eigenvalue weighted by atomic mass is 10.1. The first-order valence-corrected chi connectivity index (χ1v) is 12.2. The summed E-state index contributed by atoms with van der Waals surface area (Å²) in [5.41, 5.74) is 5.35. The van der Waals surface area contributed by atoms with Crippen LogP contribution in [0, 0.1) is 0 Å². The van der Waals surface area contributed by atoms with Gasteiger partial charge in [0.15, 0.2) is 0 Å². The molecule has 1 aliphatic rings. The molecule has 9 heteroatoms. The van der Waals surface area contributed by atoms with E-state index in [-0.39, 0.29) is 6.10 Å². The normalized spacial score (nSPS) is 15.9. The van der Waals surface area contributed by atoms with Gasteiger partial charge in [-0.2, -0.15) is 5.10 Å². The zero-order chi connectivity index (χ0) is 25.1. The Morgan fingerprint density at radius 2 is 1.83 bits per heavy atom. The van der Waals surface area contributed by atoms with Gasteiger partial charge in [0.05, 0.1) is 49.4 Å². The molecule has 1 N–H and O–H groups in total. The van der Waals surface area contributed by atoms with Crippen LogP contribution in [0.15, 0.2) is 55.0 Å². The van der Waals surface area contributed by atoms with Crippen LogP contribution in [0.2, 0.25) is 0 Å². The number of hydrogen-bond acceptors (Lipinski definition) is 8. The van der Waals surface area contributed by atoms with Gasteiger partial charge in [-0.25, -0.2) is 4.98 Å². The minimum atomic E-state index is -0.211. The van der Waals surface area contributed by atoms with Crippen LogP contribution in [-0.4, -0.2) is 76.3 Å². The topological polar surface area (TPSA) is 88.8 Å². The molecule has 36 heavy (non-hydrogen) atoms. The highest BCUT2D eigenvalue weighted by Crippen LogP contribution is 2.34. The summed E-state index contributed by atoms with van der Waals surface area (Å²) in [6.07, 6.45) is 7.09. The van der Waals surface area contributed by atoms with Crippen LogP contribution in [0.3, 0.4) is 0 Å². The second-order valence-corrected chi connectivity index (χ2v) is 9.15. The number of benzene rings is 2. The highest BCUT2D eigenvalue weighted by Gasteiger charge is 2.20. The van der Waals surface area contributed by atoms with Crippen LogP contribution >= 0.6 is 0 Å². The van der Waals surface area contributed by atoms with Crippen LogP contribution in [0.1, 0.15) is 12.8 Å². The Morgan fingerprint density at radius 3 is 2.50 bits per heavy atom. The monoisotopic (exact) mass is 488 g/mol. The van der Waals surface area contributed by atoms with E-state index in [0.29, 0.717) is 0 Å². The molecule has 0 aliphatic carbocycles. The number of hydrogen-bond donors (Lipinski definition) is 1. The van der Waals surface area contributed by atoms with E-state index in [9.17, 15) is 5.11 Å². The predicted octanol–water partition coefficient (Wildman–Crippen LogP) is 3.64. The lowest BCUT2D eigenvalue weighted by molar-refractivity contribution is 0.176. The van der Waals surface area contributed by atoms with Crippen LogP contribution in [0.5, 0.6) is 11.5 Å². The number of fused-ring (bicyclic) bond motifs is 1. The standard InChI is InChI=1S/C27H32N6O3/c1-31-17-19(15-29-31)27-16-28-25-6-5-20(13-26(25)30-27)33(9-4-8-32-10-7-22(34)18-32)21-11-23(35-2)14-24(12-21)36-3/h5-6,11-17,22,34H,4,7-10,18H2,1-3H3. The van der Waals surface area contributed by atoms with Gasteiger partial charge in [0.25, 0.3) is 0 Å². The van der Waals surface area contributed by atoms with Crippen molar-refractivity contribution in [3.63, 3.8) is 0 Å². The summed E-state index contributed by atoms with van der Waals surface area (Å²) in [5, 5.41) is 14.1. The van der Waals surface area contributed by atoms with E-state index in [2.05, 4.69) is 32.0 Å². The zero-order valence-corrected chi connectivity index (χ0v) is 21.0. The first-order chi connectivity index (χ1) is 17.5. The van der Waals surface area contributed by atoms with Gasteiger partial charge >= 0.3 is 0 Å². The molecular formula is C27H32N6O3. The molecule has 0 radical (unpaired) electrons. The first-order valence-electron chi connectivity index (χ1n) is 12.2. The third-order valence-electron chi connectivity index (χ3n) is 6.59. The van der Waals surface area contributed by atoms with Gasteiger partial charge in [-0.15, -0.1) is 0 Å². The van der Waals surface area contributed by atoms with Crippen molar-refractivity contribution in [1.29, 1.82) is 0 Å². The van der Waals surface area contributed by atoms with Crippen molar-refractivity contribution < 1.29 is 14.6 Å². The van der Waals surface area contributed by atoms with Gasteiger partial charge in [-0.1, -0.05) is 0 Å². The van der Waals surface area contributed by atoms with Crippen LogP contribution in [-0.2, 0) is 7.05 Å². The van der Waals surface area contributed by atoms with Crippen molar-refractivity contribution in [3.8, 4) is 22.8 Å². The molecule has 0 saturated carbocycles. The van der Waals surface area contributed by atoms with Crippen LogP contribution in [0.4, 0.5) is 11.4 Å². The zero-order valence-electron chi connectivity index (χ0n) is 21.0. The molecule has 4 aromatic rings. The van der Waals surface area contributed by atoms with Crippen molar-refractivity contribution in [2.75, 3.05) is 45.3 Å². The van der Waals surface area contributed by atoms with Gasteiger partial charge in [-0.3, -0.25) is 9.67 Å². The fourth-order valence-corrected chi connectivity index (χ4v) is 4.68. The second-order valence-electron chi connectivity index (χ2n) is 9.15. The minimum absolute atomic E-state index is 0.211. The molecule has 0 amide bonds. The number of anilines is 2. The van der Waals surface area contributed by atoms with Crippen molar-refractivity contribution in [1.82, 2.24) is 24.6 Å². The summed E-state index contributed by atoms with van der Waals surface area (Å²) in [6, 6.07) is 12.1. The predicted molar refractivity (Wildman–Crippen MR) is 140 cm³/mol. The number of rotatable bonds is 9. The molecule has 1 saturated heterocycles. The molecular weight excluding hydrogens is 456 g/mol. The smallest absolute Gasteiger partial charge is 0.124 e. The molecule has 188 valence electrons. The van der Waals surface area contributed by atoms with Gasteiger partial charge in [0.1, 0.15) is 11.5 Å². The Morgan fingerprint density at radius 1 is 1.03 bits per heavy atom. The molecule has 9 nitrogen and oxygen atoms in total. The van der Waals surface area contributed by atoms with Crippen molar-refractivity contribution in [3.05, 3.63) is 55.0 Å². The Kier molecular flexibility index (Phi) is 7.02. The largest absolute Gasteiger partial charge is 0.497 e. The third-order valence-corrected chi connectivity index (χ3v) is 6.59. The van der Waals surface area contributed by atoms with Gasteiger partial charge in [-0.05, 0) is 37.6 Å². The summed E-state index contributed by atoms with van der Waals surface area (Å²) in [7, 11) is 5.21. The van der Waals surface area contributed by atoms with Crippen LogP contribution < -0.4 is 14.4 Å². The van der Waals surface area contributed by atoms with Crippen molar-refractivity contribution in [2.24, 2.45) is 7.05 Å². The highest BCUT2D eigenvalue weighted by atomic mass is 16.5. The Hall–Kier alpha value is -3.69. The Balaban J connectivity index is 1.49. The van der Waals surface area contributed by atoms with E-state index >= 15 is 0 Å². The molecule has 0 spiro atoms. The molecule has 5 rings (SSSR count).